The molecule has 2 atom stereocenters. The van der Waals surface area contributed by atoms with Crippen LogP contribution in [0, 0.1) is 11.8 Å². The number of carbonyl (C=O) groups is 1. The van der Waals surface area contributed by atoms with Gasteiger partial charge in [-0.25, -0.2) is 0 Å². The number of ketones is 1. The van der Waals surface area contributed by atoms with Gasteiger partial charge in [0.2, 0.25) is 0 Å². The van der Waals surface area contributed by atoms with Gasteiger partial charge in [0.15, 0.2) is 0 Å². The summed E-state index contributed by atoms with van der Waals surface area (Å²) in [6.07, 6.45) is 6.45. The first-order valence-corrected chi connectivity index (χ1v) is 7.74. The van der Waals surface area contributed by atoms with Crippen molar-refractivity contribution >= 4 is 5.78 Å². The van der Waals surface area contributed by atoms with Crippen LogP contribution in [0.5, 0.6) is 0 Å². The smallest absolute Gasteiger partial charge is 0.136 e. The second-order valence-corrected chi connectivity index (χ2v) is 6.37. The van der Waals surface area contributed by atoms with Gasteiger partial charge in [0.1, 0.15) is 5.78 Å². The van der Waals surface area contributed by atoms with E-state index >= 15 is 0 Å². The van der Waals surface area contributed by atoms with Crippen molar-refractivity contribution < 1.29 is 4.79 Å². The van der Waals surface area contributed by atoms with E-state index in [1.807, 2.05) is 0 Å². The number of rotatable bonds is 5. The first-order valence-electron chi connectivity index (χ1n) is 7.74. The summed E-state index contributed by atoms with van der Waals surface area (Å²) >= 11 is 0. The quantitative estimate of drug-likeness (QED) is 0.729. The molecule has 19 heavy (non-hydrogen) atoms. The molecule has 0 saturated heterocycles. The minimum Gasteiger partial charge on any atom is -0.299 e. The first kappa shape index (κ1) is 14.3. The van der Waals surface area contributed by atoms with E-state index in [4.69, 9.17) is 0 Å². The molecular weight excluding hydrogens is 232 g/mol. The Morgan fingerprint density at radius 1 is 1.21 bits per heavy atom. The molecule has 1 aliphatic carbocycles. The number of carbonyl (C=O) groups excluding carboxylic acids is 1. The normalized spacial score (nSPS) is 23.8. The summed E-state index contributed by atoms with van der Waals surface area (Å²) in [4.78, 5) is 12.0. The Kier molecular flexibility index (Phi) is 5.18. The molecule has 104 valence electrons. The highest BCUT2D eigenvalue weighted by Gasteiger charge is 2.28. The molecule has 0 heterocycles. The lowest BCUT2D eigenvalue weighted by atomic mass is 9.75. The molecule has 1 saturated carbocycles. The third-order valence-corrected chi connectivity index (χ3v) is 4.37. The van der Waals surface area contributed by atoms with E-state index < -0.39 is 0 Å². The molecule has 1 aromatic carbocycles. The van der Waals surface area contributed by atoms with Gasteiger partial charge in [-0.15, -0.1) is 0 Å². The van der Waals surface area contributed by atoms with Crippen LogP contribution in [0.25, 0.3) is 0 Å². The van der Waals surface area contributed by atoms with Crippen LogP contribution in [0.3, 0.4) is 0 Å². The van der Waals surface area contributed by atoms with Crippen molar-refractivity contribution in [3.8, 4) is 0 Å². The summed E-state index contributed by atoms with van der Waals surface area (Å²) in [5.41, 5.74) is 1.42. The molecule has 1 aromatic rings. The molecule has 0 spiro atoms. The number of hydrogen-bond donors (Lipinski definition) is 0. The van der Waals surface area contributed by atoms with Gasteiger partial charge in [-0.1, -0.05) is 57.0 Å². The van der Waals surface area contributed by atoms with Crippen molar-refractivity contribution in [1.82, 2.24) is 0 Å². The minimum absolute atomic E-state index is 0.317. The predicted molar refractivity (Wildman–Crippen MR) is 80.2 cm³/mol. The van der Waals surface area contributed by atoms with Gasteiger partial charge < -0.3 is 0 Å². The molecule has 1 nitrogen and oxygen atoms in total. The maximum atomic E-state index is 12.0. The molecule has 0 aliphatic heterocycles. The van der Waals surface area contributed by atoms with E-state index in [2.05, 4.69) is 44.2 Å². The van der Waals surface area contributed by atoms with Crippen LogP contribution >= 0.6 is 0 Å². The number of hydrogen-bond acceptors (Lipinski definition) is 1. The molecule has 0 bridgehead atoms. The van der Waals surface area contributed by atoms with E-state index in [9.17, 15) is 4.79 Å². The van der Waals surface area contributed by atoms with Gasteiger partial charge in [0.25, 0.3) is 0 Å². The van der Waals surface area contributed by atoms with Crippen molar-refractivity contribution in [1.29, 1.82) is 0 Å². The Labute approximate surface area is 117 Å². The molecule has 1 heteroatoms. The highest BCUT2D eigenvalue weighted by atomic mass is 16.1. The highest BCUT2D eigenvalue weighted by Crippen LogP contribution is 2.36. The average molecular weight is 258 g/mol. The lowest BCUT2D eigenvalue weighted by Gasteiger charge is -2.28. The topological polar surface area (TPSA) is 17.1 Å². The predicted octanol–water partition coefficient (Wildman–Crippen LogP) is 4.97. The molecule has 0 radical (unpaired) electrons. The standard InChI is InChI=1S/C18H26O/c1-14(2)7-6-10-17-13-16(11-12-18(17)19)15-8-4-3-5-9-15/h3-5,8-9,14,16-17H,6-7,10-13H2,1-2H3. The minimum atomic E-state index is 0.317. The summed E-state index contributed by atoms with van der Waals surface area (Å²) in [6, 6.07) is 10.7. The molecule has 1 fully saturated rings. The third kappa shape index (κ3) is 4.19. The zero-order chi connectivity index (χ0) is 13.7. The van der Waals surface area contributed by atoms with Crippen molar-refractivity contribution in [2.75, 3.05) is 0 Å². The van der Waals surface area contributed by atoms with Crippen LogP contribution in [0.2, 0.25) is 0 Å². The van der Waals surface area contributed by atoms with E-state index in [-0.39, 0.29) is 0 Å². The maximum absolute atomic E-state index is 12.0. The van der Waals surface area contributed by atoms with Crippen molar-refractivity contribution in [2.24, 2.45) is 11.8 Å². The van der Waals surface area contributed by atoms with Gasteiger partial charge in [-0.2, -0.15) is 0 Å². The van der Waals surface area contributed by atoms with Gasteiger partial charge in [-0.3, -0.25) is 4.79 Å². The van der Waals surface area contributed by atoms with Gasteiger partial charge in [0.05, 0.1) is 0 Å². The fraction of sp³-hybridized carbons (Fsp3) is 0.611. The Hall–Kier alpha value is -1.11. The van der Waals surface area contributed by atoms with E-state index in [1.165, 1.54) is 18.4 Å². The van der Waals surface area contributed by atoms with Gasteiger partial charge in [-0.05, 0) is 36.7 Å². The van der Waals surface area contributed by atoms with Gasteiger partial charge >= 0.3 is 0 Å². The van der Waals surface area contributed by atoms with Crippen LogP contribution in [0.15, 0.2) is 30.3 Å². The second-order valence-electron chi connectivity index (χ2n) is 6.37. The molecule has 1 aliphatic rings. The lowest BCUT2D eigenvalue weighted by Crippen LogP contribution is -2.24. The maximum Gasteiger partial charge on any atom is 0.136 e. The van der Waals surface area contributed by atoms with Crippen molar-refractivity contribution in [3.05, 3.63) is 35.9 Å². The molecule has 0 N–H and O–H groups in total. The lowest BCUT2D eigenvalue weighted by molar-refractivity contribution is -0.125. The SMILES string of the molecule is CC(C)CCCC1CC(c2ccccc2)CCC1=O. The second kappa shape index (κ2) is 6.88. The van der Waals surface area contributed by atoms with Gasteiger partial charge in [0, 0.05) is 12.3 Å². The first-order chi connectivity index (χ1) is 9.16. The zero-order valence-corrected chi connectivity index (χ0v) is 12.3. The summed E-state index contributed by atoms with van der Waals surface area (Å²) in [5.74, 6) is 2.18. The Balaban J connectivity index is 1.91. The molecule has 0 amide bonds. The summed E-state index contributed by atoms with van der Waals surface area (Å²) in [7, 11) is 0. The molecule has 0 aromatic heterocycles. The van der Waals surface area contributed by atoms with E-state index in [1.54, 1.807) is 0 Å². The average Bonchev–Trinajstić information content (AvgIpc) is 2.41. The van der Waals surface area contributed by atoms with Crippen LogP contribution in [0.4, 0.5) is 0 Å². The molecule has 2 unspecified atom stereocenters. The highest BCUT2D eigenvalue weighted by molar-refractivity contribution is 5.82. The molecule has 2 rings (SSSR count). The van der Waals surface area contributed by atoms with Crippen molar-refractivity contribution in [3.63, 3.8) is 0 Å². The fourth-order valence-electron chi connectivity index (χ4n) is 3.19. The van der Waals surface area contributed by atoms with Crippen LogP contribution in [0.1, 0.15) is 63.9 Å². The fourth-order valence-corrected chi connectivity index (χ4v) is 3.19. The van der Waals surface area contributed by atoms with Crippen molar-refractivity contribution in [2.45, 2.75) is 58.3 Å². The third-order valence-electron chi connectivity index (χ3n) is 4.37. The molecular formula is C18H26O. The summed E-state index contributed by atoms with van der Waals surface area (Å²) in [6.45, 7) is 4.52. The van der Waals surface area contributed by atoms with E-state index in [0.717, 1.165) is 31.6 Å². The Morgan fingerprint density at radius 2 is 1.95 bits per heavy atom. The summed E-state index contributed by atoms with van der Waals surface area (Å²) in [5, 5.41) is 0. The Bertz CT molecular complexity index is 393. The van der Waals surface area contributed by atoms with E-state index in [0.29, 0.717) is 17.6 Å². The largest absolute Gasteiger partial charge is 0.299 e. The summed E-state index contributed by atoms with van der Waals surface area (Å²) < 4.78 is 0. The monoisotopic (exact) mass is 258 g/mol. The number of benzene rings is 1. The number of Topliss-reactive ketones (excluding diaryl/α,β-unsaturated/α-hetero) is 1. The van der Waals surface area contributed by atoms with Crippen LogP contribution in [-0.4, -0.2) is 5.78 Å². The van der Waals surface area contributed by atoms with Crippen LogP contribution < -0.4 is 0 Å². The Morgan fingerprint density at radius 3 is 2.63 bits per heavy atom. The van der Waals surface area contributed by atoms with Crippen LogP contribution in [-0.2, 0) is 4.79 Å². The zero-order valence-electron chi connectivity index (χ0n) is 12.3.